The predicted molar refractivity (Wildman–Crippen MR) is 112 cm³/mol. The lowest BCUT2D eigenvalue weighted by atomic mass is 9.74. The van der Waals surface area contributed by atoms with Crippen LogP contribution in [0.25, 0.3) is 10.9 Å². The second-order valence-corrected chi connectivity index (χ2v) is 8.45. The standard InChI is InChI=1S/C23H27ClN2O/c1-17-20-13-19(24)7-8-21(20)25-22(17)15-26-11-9-23(16-27,10-12-26)14-18-5-3-2-4-6-18/h2-8,13,25,27H,9-12,14-16H2,1H3. The van der Waals surface area contributed by atoms with E-state index in [0.717, 1.165) is 49.4 Å². The van der Waals surface area contributed by atoms with Gasteiger partial charge in [-0.05, 0) is 74.0 Å². The zero-order valence-corrected chi connectivity index (χ0v) is 16.6. The third-order valence-electron chi connectivity index (χ3n) is 6.18. The van der Waals surface area contributed by atoms with Crippen LogP contribution in [0, 0.1) is 12.3 Å². The molecule has 3 aromatic rings. The second-order valence-electron chi connectivity index (χ2n) is 8.02. The summed E-state index contributed by atoms with van der Waals surface area (Å²) in [4.78, 5) is 6.06. The number of aromatic amines is 1. The summed E-state index contributed by atoms with van der Waals surface area (Å²) < 4.78 is 0. The molecule has 0 atom stereocenters. The van der Waals surface area contributed by atoms with Gasteiger partial charge >= 0.3 is 0 Å². The SMILES string of the molecule is Cc1c(CN2CCC(CO)(Cc3ccccc3)CC2)[nH]c2ccc(Cl)cc12. The number of nitrogens with one attached hydrogen (secondary N) is 1. The topological polar surface area (TPSA) is 39.3 Å². The zero-order valence-electron chi connectivity index (χ0n) is 15.8. The molecule has 0 bridgehead atoms. The lowest BCUT2D eigenvalue weighted by Crippen LogP contribution is -2.43. The molecule has 4 rings (SSSR count). The number of aromatic nitrogens is 1. The molecule has 3 nitrogen and oxygen atoms in total. The van der Waals surface area contributed by atoms with E-state index in [0.29, 0.717) is 0 Å². The van der Waals surface area contributed by atoms with Crippen LogP contribution in [-0.2, 0) is 13.0 Å². The van der Waals surface area contributed by atoms with E-state index in [9.17, 15) is 5.11 Å². The Morgan fingerprint density at radius 2 is 1.85 bits per heavy atom. The number of fused-ring (bicyclic) bond motifs is 1. The number of halogens is 1. The molecule has 2 heterocycles. The van der Waals surface area contributed by atoms with Crippen LogP contribution in [-0.4, -0.2) is 34.7 Å². The van der Waals surface area contributed by atoms with Crippen molar-refractivity contribution in [3.05, 3.63) is 70.4 Å². The Hall–Kier alpha value is -1.81. The van der Waals surface area contributed by atoms with Gasteiger partial charge in [0.05, 0.1) is 0 Å². The summed E-state index contributed by atoms with van der Waals surface area (Å²) >= 11 is 6.16. The van der Waals surface area contributed by atoms with Gasteiger partial charge < -0.3 is 10.1 Å². The van der Waals surface area contributed by atoms with Crippen LogP contribution >= 0.6 is 11.6 Å². The molecular weight excluding hydrogens is 356 g/mol. The van der Waals surface area contributed by atoms with Gasteiger partial charge in [-0.3, -0.25) is 4.90 Å². The summed E-state index contributed by atoms with van der Waals surface area (Å²) in [6.45, 7) is 5.39. The minimum Gasteiger partial charge on any atom is -0.396 e. The average Bonchev–Trinajstić information content (AvgIpc) is 2.99. The van der Waals surface area contributed by atoms with E-state index in [-0.39, 0.29) is 12.0 Å². The average molecular weight is 383 g/mol. The molecule has 142 valence electrons. The third kappa shape index (κ3) is 3.91. The Balaban J connectivity index is 1.44. The summed E-state index contributed by atoms with van der Waals surface area (Å²) in [6.07, 6.45) is 3.02. The molecule has 1 aliphatic heterocycles. The molecule has 0 radical (unpaired) electrons. The minimum atomic E-state index is 0.0148. The monoisotopic (exact) mass is 382 g/mol. The molecule has 1 saturated heterocycles. The maximum absolute atomic E-state index is 10.1. The minimum absolute atomic E-state index is 0.0148. The lowest BCUT2D eigenvalue weighted by molar-refractivity contribution is 0.0409. The fourth-order valence-electron chi connectivity index (χ4n) is 4.34. The summed E-state index contributed by atoms with van der Waals surface area (Å²) in [5.74, 6) is 0. The fourth-order valence-corrected chi connectivity index (χ4v) is 4.51. The van der Waals surface area contributed by atoms with Gasteiger partial charge in [0.25, 0.3) is 0 Å². The molecule has 2 aromatic carbocycles. The first-order valence-electron chi connectivity index (χ1n) is 9.72. The van der Waals surface area contributed by atoms with Crippen molar-refractivity contribution in [2.75, 3.05) is 19.7 Å². The van der Waals surface area contributed by atoms with Crippen molar-refractivity contribution in [3.8, 4) is 0 Å². The number of aliphatic hydroxyl groups is 1. The molecule has 1 aliphatic rings. The van der Waals surface area contributed by atoms with E-state index in [1.54, 1.807) is 0 Å². The number of hydrogen-bond donors (Lipinski definition) is 2. The first-order valence-corrected chi connectivity index (χ1v) is 10.1. The van der Waals surface area contributed by atoms with Gasteiger partial charge in [0.1, 0.15) is 0 Å². The Kier molecular flexibility index (Phi) is 5.27. The Morgan fingerprint density at radius 3 is 2.56 bits per heavy atom. The van der Waals surface area contributed by atoms with E-state index in [4.69, 9.17) is 11.6 Å². The molecule has 1 aromatic heterocycles. The van der Waals surface area contributed by atoms with Crippen LogP contribution in [0.5, 0.6) is 0 Å². The lowest BCUT2D eigenvalue weighted by Gasteiger charge is -2.41. The maximum Gasteiger partial charge on any atom is 0.0491 e. The number of rotatable bonds is 5. The Bertz CT molecular complexity index is 911. The molecule has 4 heteroatoms. The highest BCUT2D eigenvalue weighted by Crippen LogP contribution is 2.35. The number of H-pyrrole nitrogens is 1. The molecule has 0 aliphatic carbocycles. The first-order chi connectivity index (χ1) is 13.1. The molecule has 27 heavy (non-hydrogen) atoms. The highest BCUT2D eigenvalue weighted by atomic mass is 35.5. The number of nitrogens with zero attached hydrogens (tertiary/aromatic N) is 1. The van der Waals surface area contributed by atoms with Gasteiger partial charge in [-0.25, -0.2) is 0 Å². The Morgan fingerprint density at radius 1 is 1.11 bits per heavy atom. The van der Waals surface area contributed by atoms with Gasteiger partial charge in [-0.1, -0.05) is 41.9 Å². The largest absolute Gasteiger partial charge is 0.396 e. The second kappa shape index (κ2) is 7.67. The third-order valence-corrected chi connectivity index (χ3v) is 6.41. The smallest absolute Gasteiger partial charge is 0.0491 e. The van der Waals surface area contributed by atoms with Gasteiger partial charge in [-0.2, -0.15) is 0 Å². The first kappa shape index (κ1) is 18.5. The van der Waals surface area contributed by atoms with E-state index >= 15 is 0 Å². The van der Waals surface area contributed by atoms with E-state index in [1.165, 1.54) is 22.2 Å². The van der Waals surface area contributed by atoms with Crippen molar-refractivity contribution in [1.29, 1.82) is 0 Å². The van der Waals surface area contributed by atoms with Gasteiger partial charge in [-0.15, -0.1) is 0 Å². The van der Waals surface area contributed by atoms with Crippen LogP contribution in [0.1, 0.15) is 29.7 Å². The molecule has 0 amide bonds. The van der Waals surface area contributed by atoms with Crippen molar-refractivity contribution in [2.24, 2.45) is 5.41 Å². The number of aryl methyl sites for hydroxylation is 1. The maximum atomic E-state index is 10.1. The van der Waals surface area contributed by atoms with Gasteiger partial charge in [0.15, 0.2) is 0 Å². The van der Waals surface area contributed by atoms with E-state index in [1.807, 2.05) is 18.2 Å². The zero-order chi connectivity index (χ0) is 18.9. The number of piperidine rings is 1. The van der Waals surface area contributed by atoms with Crippen molar-refractivity contribution in [1.82, 2.24) is 9.88 Å². The normalized spacial score (nSPS) is 17.4. The molecule has 0 saturated carbocycles. The summed E-state index contributed by atoms with van der Waals surface area (Å²) in [5, 5.41) is 12.1. The number of likely N-dealkylation sites (tertiary alicyclic amines) is 1. The number of hydrogen-bond acceptors (Lipinski definition) is 2. The van der Waals surface area contributed by atoms with Crippen molar-refractivity contribution < 1.29 is 5.11 Å². The molecule has 0 spiro atoms. The fraction of sp³-hybridized carbons (Fsp3) is 0.391. The molecular formula is C23H27ClN2O. The molecule has 0 unspecified atom stereocenters. The summed E-state index contributed by atoms with van der Waals surface area (Å²) in [7, 11) is 0. The summed E-state index contributed by atoms with van der Waals surface area (Å²) in [6, 6.07) is 16.6. The quantitative estimate of drug-likeness (QED) is 0.655. The highest BCUT2D eigenvalue weighted by Gasteiger charge is 2.34. The molecule has 2 N–H and O–H groups in total. The summed E-state index contributed by atoms with van der Waals surface area (Å²) in [5.41, 5.74) is 5.05. The van der Waals surface area contributed by atoms with Gasteiger partial charge in [0, 0.05) is 34.8 Å². The van der Waals surface area contributed by atoms with Crippen LogP contribution in [0.2, 0.25) is 5.02 Å². The van der Waals surface area contributed by atoms with Crippen molar-refractivity contribution in [3.63, 3.8) is 0 Å². The van der Waals surface area contributed by atoms with Gasteiger partial charge in [0.2, 0.25) is 0 Å². The van der Waals surface area contributed by atoms with Crippen LogP contribution in [0.3, 0.4) is 0 Å². The van der Waals surface area contributed by atoms with Crippen LogP contribution in [0.15, 0.2) is 48.5 Å². The predicted octanol–water partition coefficient (Wildman–Crippen LogP) is 4.95. The molecule has 1 fully saturated rings. The number of benzene rings is 2. The van der Waals surface area contributed by atoms with Crippen molar-refractivity contribution in [2.45, 2.75) is 32.7 Å². The highest BCUT2D eigenvalue weighted by molar-refractivity contribution is 6.31. The van der Waals surface area contributed by atoms with Crippen molar-refractivity contribution >= 4 is 22.5 Å². The van der Waals surface area contributed by atoms with E-state index in [2.05, 4.69) is 47.1 Å². The van der Waals surface area contributed by atoms with E-state index < -0.39 is 0 Å². The van der Waals surface area contributed by atoms with Crippen LogP contribution in [0.4, 0.5) is 0 Å². The number of aliphatic hydroxyl groups excluding tert-OH is 1. The van der Waals surface area contributed by atoms with Crippen LogP contribution < -0.4 is 0 Å². The Labute approximate surface area is 166 Å².